The third-order valence-electron chi connectivity index (χ3n) is 4.86. The Balaban J connectivity index is 1.70. The second-order valence-corrected chi connectivity index (χ2v) is 7.43. The molecule has 1 saturated carbocycles. The Morgan fingerprint density at radius 1 is 1.08 bits per heavy atom. The zero-order chi connectivity index (χ0) is 18.5. The van der Waals surface area contributed by atoms with Crippen LogP contribution in [0.5, 0.6) is 0 Å². The largest absolute Gasteiger partial charge is 0.351 e. The first-order valence-electron chi connectivity index (χ1n) is 9.55. The molecule has 1 aromatic carbocycles. The van der Waals surface area contributed by atoms with Crippen LogP contribution in [0.2, 0.25) is 0 Å². The summed E-state index contributed by atoms with van der Waals surface area (Å²) in [5.41, 5.74) is 3.21. The molecule has 1 heterocycles. The summed E-state index contributed by atoms with van der Waals surface area (Å²) in [7, 11) is 0. The number of carbonyl (C=O) groups excluding carboxylic acids is 1. The minimum atomic E-state index is -0.209. The zero-order valence-electron chi connectivity index (χ0n) is 15.9. The molecule has 0 atom stereocenters. The molecular weight excluding hydrogens is 324 g/mol. The summed E-state index contributed by atoms with van der Waals surface area (Å²) in [6.07, 6.45) is 6.06. The molecule has 3 rings (SSSR count). The SMILES string of the molecule is Cc1cc(C(=O)Nc2ccc(C(C)C)cc2)nc(NC2CCCCC2)n1. The molecule has 5 heteroatoms. The lowest BCUT2D eigenvalue weighted by Crippen LogP contribution is -2.24. The van der Waals surface area contributed by atoms with E-state index in [1.807, 2.05) is 31.2 Å². The highest BCUT2D eigenvalue weighted by molar-refractivity contribution is 6.03. The van der Waals surface area contributed by atoms with Gasteiger partial charge in [-0.05, 0) is 49.4 Å². The van der Waals surface area contributed by atoms with Crippen molar-refractivity contribution in [2.75, 3.05) is 10.6 Å². The Morgan fingerprint density at radius 3 is 2.42 bits per heavy atom. The van der Waals surface area contributed by atoms with E-state index in [9.17, 15) is 4.79 Å². The second-order valence-electron chi connectivity index (χ2n) is 7.43. The predicted molar refractivity (Wildman–Crippen MR) is 106 cm³/mol. The maximum atomic E-state index is 12.6. The fourth-order valence-electron chi connectivity index (χ4n) is 3.33. The van der Waals surface area contributed by atoms with Crippen molar-refractivity contribution >= 4 is 17.5 Å². The normalized spacial score (nSPS) is 15.1. The number of hydrogen-bond donors (Lipinski definition) is 2. The van der Waals surface area contributed by atoms with Crippen molar-refractivity contribution in [1.29, 1.82) is 0 Å². The van der Waals surface area contributed by atoms with Gasteiger partial charge < -0.3 is 10.6 Å². The van der Waals surface area contributed by atoms with Crippen molar-refractivity contribution in [2.45, 2.75) is 64.8 Å². The van der Waals surface area contributed by atoms with Gasteiger partial charge in [-0.2, -0.15) is 0 Å². The summed E-state index contributed by atoms with van der Waals surface area (Å²) < 4.78 is 0. The number of aromatic nitrogens is 2. The lowest BCUT2D eigenvalue weighted by molar-refractivity contribution is 0.102. The quantitative estimate of drug-likeness (QED) is 0.803. The highest BCUT2D eigenvalue weighted by atomic mass is 16.1. The van der Waals surface area contributed by atoms with Gasteiger partial charge in [-0.1, -0.05) is 45.2 Å². The Hall–Kier alpha value is -2.43. The van der Waals surface area contributed by atoms with Crippen LogP contribution in [0, 0.1) is 6.92 Å². The van der Waals surface area contributed by atoms with Gasteiger partial charge in [-0.3, -0.25) is 4.79 Å². The number of amides is 1. The lowest BCUT2D eigenvalue weighted by Gasteiger charge is -2.23. The zero-order valence-corrected chi connectivity index (χ0v) is 15.9. The van der Waals surface area contributed by atoms with Gasteiger partial charge >= 0.3 is 0 Å². The molecule has 5 nitrogen and oxygen atoms in total. The Bertz CT molecular complexity index is 749. The highest BCUT2D eigenvalue weighted by Crippen LogP contribution is 2.21. The van der Waals surface area contributed by atoms with Crippen LogP contribution in [0.3, 0.4) is 0 Å². The first kappa shape index (κ1) is 18.4. The van der Waals surface area contributed by atoms with E-state index in [1.54, 1.807) is 6.07 Å². The number of benzene rings is 1. The molecule has 138 valence electrons. The number of hydrogen-bond acceptors (Lipinski definition) is 4. The van der Waals surface area contributed by atoms with Gasteiger partial charge in [0.1, 0.15) is 5.69 Å². The number of carbonyl (C=O) groups is 1. The van der Waals surface area contributed by atoms with Crippen LogP contribution in [0.4, 0.5) is 11.6 Å². The van der Waals surface area contributed by atoms with Gasteiger partial charge in [0.05, 0.1) is 0 Å². The molecule has 0 bridgehead atoms. The van der Waals surface area contributed by atoms with E-state index in [2.05, 4.69) is 34.4 Å². The van der Waals surface area contributed by atoms with E-state index < -0.39 is 0 Å². The average molecular weight is 352 g/mol. The first-order chi connectivity index (χ1) is 12.5. The Labute approximate surface area is 155 Å². The third kappa shape index (κ3) is 4.81. The van der Waals surface area contributed by atoms with Gasteiger partial charge in [0.2, 0.25) is 5.95 Å². The fourth-order valence-corrected chi connectivity index (χ4v) is 3.33. The van der Waals surface area contributed by atoms with E-state index in [4.69, 9.17) is 0 Å². The van der Waals surface area contributed by atoms with Crippen molar-refractivity contribution in [3.05, 3.63) is 47.3 Å². The third-order valence-corrected chi connectivity index (χ3v) is 4.86. The molecular formula is C21H28N4O. The molecule has 0 radical (unpaired) electrons. The molecule has 0 spiro atoms. The molecule has 1 aliphatic rings. The maximum absolute atomic E-state index is 12.6. The number of aryl methyl sites for hydroxylation is 1. The van der Waals surface area contributed by atoms with E-state index in [0.717, 1.165) is 24.2 Å². The summed E-state index contributed by atoms with van der Waals surface area (Å²) in [6.45, 7) is 6.19. The highest BCUT2D eigenvalue weighted by Gasteiger charge is 2.16. The van der Waals surface area contributed by atoms with Crippen LogP contribution in [0.15, 0.2) is 30.3 Å². The molecule has 0 aliphatic heterocycles. The van der Waals surface area contributed by atoms with Gasteiger partial charge in [0.15, 0.2) is 0 Å². The Kier molecular flexibility index (Phi) is 5.86. The van der Waals surface area contributed by atoms with Gasteiger partial charge in [0.25, 0.3) is 5.91 Å². The van der Waals surface area contributed by atoms with E-state index in [0.29, 0.717) is 23.6 Å². The van der Waals surface area contributed by atoms with Crippen LogP contribution in [0.25, 0.3) is 0 Å². The molecule has 26 heavy (non-hydrogen) atoms. The van der Waals surface area contributed by atoms with Crippen LogP contribution >= 0.6 is 0 Å². The van der Waals surface area contributed by atoms with Crippen molar-refractivity contribution in [3.63, 3.8) is 0 Å². The van der Waals surface area contributed by atoms with Crippen molar-refractivity contribution in [2.24, 2.45) is 0 Å². The summed E-state index contributed by atoms with van der Waals surface area (Å²) in [5.74, 6) is 0.814. The molecule has 2 N–H and O–H groups in total. The minimum Gasteiger partial charge on any atom is -0.351 e. The van der Waals surface area contributed by atoms with Crippen LogP contribution < -0.4 is 10.6 Å². The van der Waals surface area contributed by atoms with Crippen LogP contribution in [-0.2, 0) is 0 Å². The predicted octanol–water partition coefficient (Wildman–Crippen LogP) is 4.91. The molecule has 2 aromatic rings. The first-order valence-corrected chi connectivity index (χ1v) is 9.55. The van der Waals surface area contributed by atoms with Gasteiger partial charge in [-0.25, -0.2) is 9.97 Å². The number of anilines is 2. The van der Waals surface area contributed by atoms with Crippen molar-refractivity contribution in [3.8, 4) is 0 Å². The summed E-state index contributed by atoms with van der Waals surface area (Å²) in [5, 5.41) is 6.32. The number of rotatable bonds is 5. The molecule has 1 amide bonds. The monoisotopic (exact) mass is 352 g/mol. The summed E-state index contributed by atoms with van der Waals surface area (Å²) in [4.78, 5) is 21.5. The van der Waals surface area contributed by atoms with Crippen molar-refractivity contribution in [1.82, 2.24) is 9.97 Å². The molecule has 1 aromatic heterocycles. The van der Waals surface area contributed by atoms with E-state index in [-0.39, 0.29) is 5.91 Å². The standard InChI is InChI=1S/C21H28N4O/c1-14(2)16-9-11-18(12-10-16)23-20(26)19-13-15(3)22-21(25-19)24-17-7-5-4-6-8-17/h9-14,17H,4-8H2,1-3H3,(H,23,26)(H,22,24,25). The van der Waals surface area contributed by atoms with E-state index in [1.165, 1.54) is 24.8 Å². The number of nitrogens with zero attached hydrogens (tertiary/aromatic N) is 2. The van der Waals surface area contributed by atoms with Crippen LogP contribution in [-0.4, -0.2) is 21.9 Å². The average Bonchev–Trinajstić information content (AvgIpc) is 2.62. The fraction of sp³-hybridized carbons (Fsp3) is 0.476. The van der Waals surface area contributed by atoms with Crippen molar-refractivity contribution < 1.29 is 4.79 Å². The van der Waals surface area contributed by atoms with E-state index >= 15 is 0 Å². The lowest BCUT2D eigenvalue weighted by atomic mass is 9.96. The number of nitrogens with one attached hydrogen (secondary N) is 2. The second kappa shape index (κ2) is 8.30. The maximum Gasteiger partial charge on any atom is 0.274 e. The van der Waals surface area contributed by atoms with Crippen LogP contribution in [0.1, 0.15) is 73.6 Å². The smallest absolute Gasteiger partial charge is 0.274 e. The Morgan fingerprint density at radius 2 is 1.77 bits per heavy atom. The van der Waals surface area contributed by atoms with Gasteiger partial charge in [0, 0.05) is 17.4 Å². The minimum absolute atomic E-state index is 0.209. The molecule has 1 fully saturated rings. The topological polar surface area (TPSA) is 66.9 Å². The molecule has 1 aliphatic carbocycles. The van der Waals surface area contributed by atoms with Gasteiger partial charge in [-0.15, -0.1) is 0 Å². The molecule has 0 unspecified atom stereocenters. The summed E-state index contributed by atoms with van der Waals surface area (Å²) >= 11 is 0. The molecule has 0 saturated heterocycles. The summed E-state index contributed by atoms with van der Waals surface area (Å²) in [6, 6.07) is 10.1.